The van der Waals surface area contributed by atoms with E-state index >= 15 is 0 Å². The van der Waals surface area contributed by atoms with Crippen molar-refractivity contribution < 1.29 is 4.39 Å². The zero-order valence-corrected chi connectivity index (χ0v) is 12.7. The number of benzene rings is 2. The molecule has 0 amide bonds. The number of rotatable bonds is 1. The molecule has 0 saturated carbocycles. The van der Waals surface area contributed by atoms with Gasteiger partial charge in [0.05, 0.1) is 22.8 Å². The van der Waals surface area contributed by atoms with Crippen LogP contribution in [0.5, 0.6) is 0 Å². The predicted molar refractivity (Wildman–Crippen MR) is 88.8 cm³/mol. The van der Waals surface area contributed by atoms with Crippen molar-refractivity contribution >= 4 is 34.4 Å². The van der Waals surface area contributed by atoms with E-state index < -0.39 is 0 Å². The Kier molecular flexibility index (Phi) is 2.90. The van der Waals surface area contributed by atoms with Gasteiger partial charge in [-0.15, -0.1) is 12.6 Å². The van der Waals surface area contributed by atoms with E-state index in [0.717, 1.165) is 27.4 Å². The standard InChI is InChI=1S/C17H12FN3S/c1-9-2-3-11-10(6-9)7-12(18)15(16(11)22)17-20-13-4-5-19-8-14(13)21-17/h2-8,22H,1H3,(H,20,21). The SMILES string of the molecule is Cc1ccc2c(S)c(-c3nc4ccncc4[nH]3)c(F)cc2c1. The molecule has 0 atom stereocenters. The van der Waals surface area contributed by atoms with Crippen molar-refractivity contribution in [1.29, 1.82) is 0 Å². The summed E-state index contributed by atoms with van der Waals surface area (Å²) in [7, 11) is 0. The zero-order chi connectivity index (χ0) is 15.3. The summed E-state index contributed by atoms with van der Waals surface area (Å²) in [5, 5.41) is 1.74. The topological polar surface area (TPSA) is 41.6 Å². The molecular weight excluding hydrogens is 297 g/mol. The molecule has 4 aromatic rings. The smallest absolute Gasteiger partial charge is 0.142 e. The minimum absolute atomic E-state index is 0.338. The molecule has 0 radical (unpaired) electrons. The number of imidazole rings is 1. The van der Waals surface area contributed by atoms with Crippen LogP contribution in [0.3, 0.4) is 0 Å². The molecule has 0 aliphatic rings. The fourth-order valence-corrected chi connectivity index (χ4v) is 3.09. The van der Waals surface area contributed by atoms with Gasteiger partial charge in [-0.1, -0.05) is 23.8 Å². The van der Waals surface area contributed by atoms with E-state index in [4.69, 9.17) is 0 Å². The van der Waals surface area contributed by atoms with E-state index in [2.05, 4.69) is 27.6 Å². The largest absolute Gasteiger partial charge is 0.337 e. The first kappa shape index (κ1) is 13.3. The highest BCUT2D eigenvalue weighted by Gasteiger charge is 2.16. The number of aromatic amines is 1. The first-order valence-electron chi connectivity index (χ1n) is 6.85. The maximum Gasteiger partial charge on any atom is 0.142 e. The number of H-pyrrole nitrogens is 1. The number of aromatic nitrogens is 3. The van der Waals surface area contributed by atoms with Crippen molar-refractivity contribution in [3.8, 4) is 11.4 Å². The van der Waals surface area contributed by atoms with Crippen molar-refractivity contribution in [3.63, 3.8) is 0 Å². The van der Waals surface area contributed by atoms with Crippen LogP contribution >= 0.6 is 12.6 Å². The Balaban J connectivity index is 2.03. The number of fused-ring (bicyclic) bond motifs is 2. The van der Waals surface area contributed by atoms with E-state index in [1.165, 1.54) is 6.07 Å². The molecule has 5 heteroatoms. The second-order valence-electron chi connectivity index (χ2n) is 5.28. The maximum atomic E-state index is 14.6. The van der Waals surface area contributed by atoms with Crippen LogP contribution in [-0.4, -0.2) is 15.0 Å². The molecule has 1 N–H and O–H groups in total. The minimum atomic E-state index is -0.338. The molecule has 22 heavy (non-hydrogen) atoms. The summed E-state index contributed by atoms with van der Waals surface area (Å²) >= 11 is 4.55. The summed E-state index contributed by atoms with van der Waals surface area (Å²) in [4.78, 5) is 12.2. The fraction of sp³-hybridized carbons (Fsp3) is 0.0588. The predicted octanol–water partition coefficient (Wildman–Crippen LogP) is 4.51. The summed E-state index contributed by atoms with van der Waals surface area (Å²) in [6.07, 6.45) is 3.33. The minimum Gasteiger partial charge on any atom is -0.337 e. The highest BCUT2D eigenvalue weighted by molar-refractivity contribution is 7.80. The van der Waals surface area contributed by atoms with Crippen LogP contribution in [0.25, 0.3) is 33.2 Å². The van der Waals surface area contributed by atoms with Gasteiger partial charge in [0.2, 0.25) is 0 Å². The van der Waals surface area contributed by atoms with Crippen molar-refractivity contribution in [3.05, 3.63) is 54.1 Å². The third kappa shape index (κ3) is 1.97. The molecule has 2 aromatic carbocycles. The molecule has 3 nitrogen and oxygen atoms in total. The molecule has 0 bridgehead atoms. The van der Waals surface area contributed by atoms with Crippen molar-refractivity contribution in [2.45, 2.75) is 11.8 Å². The molecule has 0 aliphatic carbocycles. The molecule has 2 heterocycles. The average molecular weight is 309 g/mol. The van der Waals surface area contributed by atoms with Gasteiger partial charge < -0.3 is 4.98 Å². The van der Waals surface area contributed by atoms with Crippen LogP contribution in [0, 0.1) is 12.7 Å². The number of hydrogen-bond acceptors (Lipinski definition) is 3. The Hall–Kier alpha value is -2.40. The Morgan fingerprint density at radius 2 is 2.05 bits per heavy atom. The van der Waals surface area contributed by atoms with Gasteiger partial charge in [-0.2, -0.15) is 0 Å². The summed E-state index contributed by atoms with van der Waals surface area (Å²) in [6, 6.07) is 9.22. The lowest BCUT2D eigenvalue weighted by atomic mass is 10.0. The van der Waals surface area contributed by atoms with Crippen LogP contribution in [-0.2, 0) is 0 Å². The summed E-state index contributed by atoms with van der Waals surface area (Å²) < 4.78 is 14.6. The lowest BCUT2D eigenvalue weighted by Crippen LogP contribution is -1.91. The summed E-state index contributed by atoms with van der Waals surface area (Å²) in [5.41, 5.74) is 2.99. The first-order valence-corrected chi connectivity index (χ1v) is 7.30. The van der Waals surface area contributed by atoms with Crippen LogP contribution in [0.1, 0.15) is 5.56 Å². The van der Waals surface area contributed by atoms with Crippen LogP contribution in [0.15, 0.2) is 47.6 Å². The van der Waals surface area contributed by atoms with Crippen molar-refractivity contribution in [1.82, 2.24) is 15.0 Å². The van der Waals surface area contributed by atoms with E-state index in [0.29, 0.717) is 16.3 Å². The second-order valence-corrected chi connectivity index (χ2v) is 5.73. The molecule has 0 saturated heterocycles. The molecule has 0 unspecified atom stereocenters. The fourth-order valence-electron chi connectivity index (χ4n) is 2.67. The normalized spacial score (nSPS) is 11.4. The molecule has 108 valence electrons. The molecular formula is C17H12FN3S. The van der Waals surface area contributed by atoms with Gasteiger partial charge in [0.15, 0.2) is 0 Å². The van der Waals surface area contributed by atoms with E-state index in [1.54, 1.807) is 18.5 Å². The molecule has 2 aromatic heterocycles. The molecule has 4 rings (SSSR count). The summed E-state index contributed by atoms with van der Waals surface area (Å²) in [6.45, 7) is 1.98. The summed E-state index contributed by atoms with van der Waals surface area (Å²) in [5.74, 6) is 0.128. The van der Waals surface area contributed by atoms with Gasteiger partial charge in [-0.25, -0.2) is 9.37 Å². The van der Waals surface area contributed by atoms with Gasteiger partial charge in [-0.05, 0) is 29.8 Å². The van der Waals surface area contributed by atoms with Gasteiger partial charge in [0, 0.05) is 11.1 Å². The average Bonchev–Trinajstić information content (AvgIpc) is 2.90. The Morgan fingerprint density at radius 1 is 1.18 bits per heavy atom. The number of hydrogen-bond donors (Lipinski definition) is 2. The van der Waals surface area contributed by atoms with Crippen LogP contribution in [0.4, 0.5) is 4.39 Å². The van der Waals surface area contributed by atoms with E-state index in [1.807, 2.05) is 25.1 Å². The number of nitrogens with one attached hydrogen (secondary N) is 1. The number of aryl methyl sites for hydroxylation is 1. The first-order chi connectivity index (χ1) is 10.6. The Labute approximate surface area is 131 Å². The van der Waals surface area contributed by atoms with Gasteiger partial charge in [-0.3, -0.25) is 4.98 Å². The van der Waals surface area contributed by atoms with Crippen molar-refractivity contribution in [2.24, 2.45) is 0 Å². The molecule has 0 fully saturated rings. The van der Waals surface area contributed by atoms with Crippen LogP contribution in [0.2, 0.25) is 0 Å². The Bertz CT molecular complexity index is 990. The molecule has 0 spiro atoms. The number of pyridine rings is 1. The van der Waals surface area contributed by atoms with E-state index in [9.17, 15) is 4.39 Å². The monoisotopic (exact) mass is 309 g/mol. The third-order valence-electron chi connectivity index (χ3n) is 3.74. The van der Waals surface area contributed by atoms with E-state index in [-0.39, 0.29) is 5.82 Å². The van der Waals surface area contributed by atoms with Gasteiger partial charge >= 0.3 is 0 Å². The highest BCUT2D eigenvalue weighted by atomic mass is 32.1. The van der Waals surface area contributed by atoms with Crippen molar-refractivity contribution in [2.75, 3.05) is 0 Å². The number of halogens is 1. The quantitative estimate of drug-likeness (QED) is 0.508. The maximum absolute atomic E-state index is 14.6. The van der Waals surface area contributed by atoms with Gasteiger partial charge in [0.1, 0.15) is 11.6 Å². The third-order valence-corrected chi connectivity index (χ3v) is 4.20. The lowest BCUT2D eigenvalue weighted by molar-refractivity contribution is 0.629. The lowest BCUT2D eigenvalue weighted by Gasteiger charge is -2.09. The number of nitrogens with zero attached hydrogens (tertiary/aromatic N) is 2. The van der Waals surface area contributed by atoms with Crippen LogP contribution < -0.4 is 0 Å². The second kappa shape index (κ2) is 4.81. The number of thiol groups is 1. The zero-order valence-electron chi connectivity index (χ0n) is 11.8. The highest BCUT2D eigenvalue weighted by Crippen LogP contribution is 2.35. The molecule has 0 aliphatic heterocycles. The Morgan fingerprint density at radius 3 is 2.86 bits per heavy atom. The van der Waals surface area contributed by atoms with Gasteiger partial charge in [0.25, 0.3) is 0 Å².